The molecule has 6 heteroatoms. The van der Waals surface area contributed by atoms with E-state index in [2.05, 4.69) is 5.32 Å². The summed E-state index contributed by atoms with van der Waals surface area (Å²) in [6, 6.07) is 5.62. The van der Waals surface area contributed by atoms with E-state index in [-0.39, 0.29) is 11.8 Å². The molecule has 3 aliphatic rings. The molecule has 5 nitrogen and oxygen atoms in total. The zero-order chi connectivity index (χ0) is 18.1. The number of piperidine rings is 1. The predicted molar refractivity (Wildman–Crippen MR) is 100 cm³/mol. The maximum Gasteiger partial charge on any atom is 0.243 e. The summed E-state index contributed by atoms with van der Waals surface area (Å²) in [6.45, 7) is 1.65. The molecular weight excluding hydrogens is 348 g/mol. The van der Waals surface area contributed by atoms with Crippen molar-refractivity contribution in [1.29, 1.82) is 0 Å². The standard InChI is InChI=1S/C20H28N2O3S/c23-20(21-14-15-5-6-15)17-9-11-22(12-10-17)26(24,25)19-8-7-16-3-1-2-4-18(16)13-19/h7-8,13,15,17H,1-6,9-12,14H2,(H,21,23). The first-order valence-corrected chi connectivity index (χ1v) is 11.4. The second-order valence-corrected chi connectivity index (χ2v) is 9.94. The van der Waals surface area contributed by atoms with Gasteiger partial charge in [0.15, 0.2) is 0 Å². The molecule has 0 bridgehead atoms. The summed E-state index contributed by atoms with van der Waals surface area (Å²) in [6.07, 6.45) is 8.02. The molecule has 1 heterocycles. The van der Waals surface area contributed by atoms with Gasteiger partial charge in [0.05, 0.1) is 4.90 Å². The van der Waals surface area contributed by atoms with Crippen LogP contribution in [0.2, 0.25) is 0 Å². The lowest BCUT2D eigenvalue weighted by molar-refractivity contribution is -0.126. The van der Waals surface area contributed by atoms with Crippen molar-refractivity contribution >= 4 is 15.9 Å². The summed E-state index contributed by atoms with van der Waals surface area (Å²) in [5.41, 5.74) is 2.48. The van der Waals surface area contributed by atoms with Gasteiger partial charge in [0.2, 0.25) is 15.9 Å². The van der Waals surface area contributed by atoms with E-state index in [0.717, 1.165) is 25.8 Å². The van der Waals surface area contributed by atoms with Gasteiger partial charge in [-0.15, -0.1) is 0 Å². The zero-order valence-electron chi connectivity index (χ0n) is 15.2. The first-order valence-electron chi connectivity index (χ1n) is 9.94. The van der Waals surface area contributed by atoms with Gasteiger partial charge >= 0.3 is 0 Å². The Morgan fingerprint density at radius 1 is 1.04 bits per heavy atom. The average molecular weight is 377 g/mol. The van der Waals surface area contributed by atoms with E-state index in [4.69, 9.17) is 0 Å². The molecule has 1 aliphatic heterocycles. The smallest absolute Gasteiger partial charge is 0.243 e. The van der Waals surface area contributed by atoms with Crippen LogP contribution in [0.3, 0.4) is 0 Å². The van der Waals surface area contributed by atoms with E-state index in [0.29, 0.717) is 36.7 Å². The van der Waals surface area contributed by atoms with Gasteiger partial charge in [-0.1, -0.05) is 6.07 Å². The van der Waals surface area contributed by atoms with Crippen LogP contribution >= 0.6 is 0 Å². The summed E-state index contributed by atoms with van der Waals surface area (Å²) >= 11 is 0. The molecule has 2 aliphatic carbocycles. The van der Waals surface area contributed by atoms with E-state index in [1.807, 2.05) is 12.1 Å². The van der Waals surface area contributed by atoms with Crippen LogP contribution < -0.4 is 5.32 Å². The van der Waals surface area contributed by atoms with Gasteiger partial charge in [-0.05, 0) is 80.5 Å². The summed E-state index contributed by atoms with van der Waals surface area (Å²) in [4.78, 5) is 12.6. The number of nitrogens with zero attached hydrogens (tertiary/aromatic N) is 1. The van der Waals surface area contributed by atoms with E-state index >= 15 is 0 Å². The van der Waals surface area contributed by atoms with Crippen LogP contribution in [-0.2, 0) is 27.7 Å². The molecule has 0 atom stereocenters. The molecule has 0 unspecified atom stereocenters. The molecule has 1 N–H and O–H groups in total. The summed E-state index contributed by atoms with van der Waals surface area (Å²) in [5, 5.41) is 3.03. The molecule has 1 saturated heterocycles. The highest BCUT2D eigenvalue weighted by molar-refractivity contribution is 7.89. The number of hydrogen-bond acceptors (Lipinski definition) is 3. The molecule has 1 saturated carbocycles. The Morgan fingerprint density at radius 3 is 2.42 bits per heavy atom. The van der Waals surface area contributed by atoms with Crippen LogP contribution in [0.5, 0.6) is 0 Å². The van der Waals surface area contributed by atoms with Gasteiger partial charge in [0.25, 0.3) is 0 Å². The Hall–Kier alpha value is -1.40. The number of amides is 1. The number of hydrogen-bond donors (Lipinski definition) is 1. The molecule has 1 aromatic carbocycles. The summed E-state index contributed by atoms with van der Waals surface area (Å²) in [7, 11) is -3.46. The Morgan fingerprint density at radius 2 is 1.73 bits per heavy atom. The van der Waals surface area contributed by atoms with Gasteiger partial charge in [-0.3, -0.25) is 4.79 Å². The molecule has 0 spiro atoms. The van der Waals surface area contributed by atoms with Gasteiger partial charge in [-0.2, -0.15) is 4.31 Å². The number of carbonyl (C=O) groups excluding carboxylic acids is 1. The van der Waals surface area contributed by atoms with Crippen LogP contribution in [0.15, 0.2) is 23.1 Å². The third-order valence-corrected chi connectivity index (χ3v) is 7.94. The fourth-order valence-electron chi connectivity index (χ4n) is 4.09. The number of fused-ring (bicyclic) bond motifs is 1. The fraction of sp³-hybridized carbons (Fsp3) is 0.650. The largest absolute Gasteiger partial charge is 0.356 e. The minimum atomic E-state index is -3.46. The quantitative estimate of drug-likeness (QED) is 0.859. The van der Waals surface area contributed by atoms with Gasteiger partial charge in [0, 0.05) is 25.6 Å². The lowest BCUT2D eigenvalue weighted by atomic mass is 9.92. The Bertz CT molecular complexity index is 778. The van der Waals surface area contributed by atoms with Crippen molar-refractivity contribution in [2.45, 2.75) is 56.3 Å². The van der Waals surface area contributed by atoms with Gasteiger partial charge in [0.1, 0.15) is 0 Å². The van der Waals surface area contributed by atoms with E-state index in [1.165, 1.54) is 30.4 Å². The van der Waals surface area contributed by atoms with Crippen molar-refractivity contribution in [1.82, 2.24) is 9.62 Å². The Balaban J connectivity index is 1.39. The van der Waals surface area contributed by atoms with Crippen LogP contribution in [-0.4, -0.2) is 38.3 Å². The molecule has 26 heavy (non-hydrogen) atoms. The number of nitrogens with one attached hydrogen (secondary N) is 1. The normalized spacial score (nSPS) is 22.0. The molecule has 4 rings (SSSR count). The van der Waals surface area contributed by atoms with E-state index < -0.39 is 10.0 Å². The maximum atomic E-state index is 13.0. The lowest BCUT2D eigenvalue weighted by Crippen LogP contribution is -2.43. The summed E-state index contributed by atoms with van der Waals surface area (Å²) < 4.78 is 27.6. The third kappa shape index (κ3) is 3.81. The molecule has 0 radical (unpaired) electrons. The average Bonchev–Trinajstić information content (AvgIpc) is 3.50. The molecule has 142 valence electrons. The van der Waals surface area contributed by atoms with Gasteiger partial charge < -0.3 is 5.32 Å². The highest BCUT2D eigenvalue weighted by Gasteiger charge is 2.33. The minimum absolute atomic E-state index is 0.0521. The predicted octanol–water partition coefficient (Wildman–Crippen LogP) is 2.49. The van der Waals surface area contributed by atoms with E-state index in [1.54, 1.807) is 10.4 Å². The van der Waals surface area contributed by atoms with Gasteiger partial charge in [-0.25, -0.2) is 8.42 Å². The van der Waals surface area contributed by atoms with Crippen molar-refractivity contribution in [2.24, 2.45) is 11.8 Å². The number of aryl methyl sites for hydroxylation is 2. The topological polar surface area (TPSA) is 66.5 Å². The zero-order valence-corrected chi connectivity index (χ0v) is 16.1. The van der Waals surface area contributed by atoms with Crippen molar-refractivity contribution in [3.05, 3.63) is 29.3 Å². The molecule has 1 aromatic rings. The minimum Gasteiger partial charge on any atom is -0.356 e. The second kappa shape index (κ2) is 7.31. The van der Waals surface area contributed by atoms with Crippen LogP contribution in [0.25, 0.3) is 0 Å². The molecule has 1 amide bonds. The third-order valence-electron chi connectivity index (χ3n) is 6.04. The molecular formula is C20H28N2O3S. The highest BCUT2D eigenvalue weighted by Crippen LogP contribution is 2.29. The van der Waals surface area contributed by atoms with Crippen LogP contribution in [0.1, 0.15) is 49.7 Å². The Labute approximate surface area is 156 Å². The monoisotopic (exact) mass is 376 g/mol. The number of benzene rings is 1. The highest BCUT2D eigenvalue weighted by atomic mass is 32.2. The van der Waals surface area contributed by atoms with E-state index in [9.17, 15) is 13.2 Å². The first-order chi connectivity index (χ1) is 12.5. The number of sulfonamides is 1. The fourth-order valence-corrected chi connectivity index (χ4v) is 5.61. The first kappa shape index (κ1) is 18.0. The van der Waals surface area contributed by atoms with Crippen molar-refractivity contribution in [2.75, 3.05) is 19.6 Å². The lowest BCUT2D eigenvalue weighted by Gasteiger charge is -2.31. The van der Waals surface area contributed by atoms with Crippen LogP contribution in [0, 0.1) is 11.8 Å². The summed E-state index contributed by atoms with van der Waals surface area (Å²) in [5.74, 6) is 0.717. The van der Waals surface area contributed by atoms with Crippen molar-refractivity contribution in [3.8, 4) is 0 Å². The second-order valence-electron chi connectivity index (χ2n) is 8.00. The van der Waals surface area contributed by atoms with Crippen molar-refractivity contribution in [3.63, 3.8) is 0 Å². The van der Waals surface area contributed by atoms with Crippen molar-refractivity contribution < 1.29 is 13.2 Å². The Kier molecular flexibility index (Phi) is 5.06. The van der Waals surface area contributed by atoms with Crippen LogP contribution in [0.4, 0.5) is 0 Å². The molecule has 0 aromatic heterocycles. The number of rotatable bonds is 5. The maximum absolute atomic E-state index is 13.0. The SMILES string of the molecule is O=C(NCC1CC1)C1CCN(S(=O)(=O)c2ccc3c(c2)CCCC3)CC1. The molecule has 2 fully saturated rings. The number of carbonyl (C=O) groups is 1.